The number of carbonyl (C=O) groups excluding carboxylic acids is 1. The van der Waals surface area contributed by atoms with Gasteiger partial charge in [-0.15, -0.1) is 0 Å². The van der Waals surface area contributed by atoms with E-state index < -0.39 is 0 Å². The van der Waals surface area contributed by atoms with Crippen molar-refractivity contribution in [3.05, 3.63) is 0 Å². The summed E-state index contributed by atoms with van der Waals surface area (Å²) >= 11 is 0. The molecule has 0 aliphatic carbocycles. The molecule has 18 heavy (non-hydrogen) atoms. The summed E-state index contributed by atoms with van der Waals surface area (Å²) < 4.78 is 0. The van der Waals surface area contributed by atoms with E-state index in [4.69, 9.17) is 5.11 Å². The molecular formula is C13H31N3O2. The van der Waals surface area contributed by atoms with E-state index in [1.165, 1.54) is 0 Å². The number of rotatable bonds is 4. The van der Waals surface area contributed by atoms with Crippen molar-refractivity contribution in [2.45, 2.75) is 27.7 Å². The van der Waals surface area contributed by atoms with Crippen molar-refractivity contribution in [3.8, 4) is 0 Å². The zero-order chi connectivity index (χ0) is 14.4. The van der Waals surface area contributed by atoms with Gasteiger partial charge in [0.2, 0.25) is 5.91 Å². The van der Waals surface area contributed by atoms with Gasteiger partial charge in [-0.05, 0) is 0 Å². The first-order valence-electron chi connectivity index (χ1n) is 7.02. The Morgan fingerprint density at radius 2 is 1.50 bits per heavy atom. The average Bonchev–Trinajstić information content (AvgIpc) is 2.45. The number of piperazine rings is 1. The van der Waals surface area contributed by atoms with E-state index in [1.807, 2.05) is 27.7 Å². The van der Waals surface area contributed by atoms with E-state index >= 15 is 0 Å². The molecule has 0 saturated carbocycles. The molecule has 1 rings (SSSR count). The molecule has 1 amide bonds. The Kier molecular flexibility index (Phi) is 15.8. The topological polar surface area (TPSA) is 55.8 Å². The van der Waals surface area contributed by atoms with Crippen molar-refractivity contribution in [2.75, 3.05) is 52.9 Å². The van der Waals surface area contributed by atoms with Gasteiger partial charge in [-0.3, -0.25) is 14.6 Å². The van der Waals surface area contributed by atoms with Gasteiger partial charge in [0.25, 0.3) is 0 Å². The van der Waals surface area contributed by atoms with Crippen LogP contribution in [0.1, 0.15) is 27.7 Å². The Balaban J connectivity index is 0. The van der Waals surface area contributed by atoms with Crippen LogP contribution >= 0.6 is 0 Å². The van der Waals surface area contributed by atoms with Crippen molar-refractivity contribution in [2.24, 2.45) is 0 Å². The van der Waals surface area contributed by atoms with E-state index in [-0.39, 0.29) is 12.5 Å². The molecule has 1 saturated heterocycles. The Hall–Kier alpha value is -0.650. The highest BCUT2D eigenvalue weighted by molar-refractivity contribution is 5.77. The van der Waals surface area contributed by atoms with E-state index in [9.17, 15) is 4.79 Å². The van der Waals surface area contributed by atoms with Crippen LogP contribution in [0, 0.1) is 0 Å². The van der Waals surface area contributed by atoms with Crippen molar-refractivity contribution in [1.82, 2.24) is 15.1 Å². The maximum atomic E-state index is 11.1. The second-order valence-corrected chi connectivity index (χ2v) is 3.51. The fraction of sp³-hybridized carbons (Fsp3) is 0.923. The summed E-state index contributed by atoms with van der Waals surface area (Å²) in [6.45, 7) is 13.2. The summed E-state index contributed by atoms with van der Waals surface area (Å²) in [5, 5.41) is 11.4. The smallest absolute Gasteiger partial charge is 0.233 e. The summed E-state index contributed by atoms with van der Waals surface area (Å²) in [6, 6.07) is 0. The van der Waals surface area contributed by atoms with Gasteiger partial charge in [-0.2, -0.15) is 0 Å². The molecule has 2 N–H and O–H groups in total. The summed E-state index contributed by atoms with van der Waals surface area (Å²) in [6.07, 6.45) is 0. The zero-order valence-electron chi connectivity index (χ0n) is 12.7. The number of amides is 1. The molecule has 1 aliphatic heterocycles. The fourth-order valence-electron chi connectivity index (χ4n) is 1.59. The highest BCUT2D eigenvalue weighted by Gasteiger charge is 2.17. The molecule has 0 spiro atoms. The maximum absolute atomic E-state index is 11.1. The number of aliphatic hydroxyl groups excluding tert-OH is 1. The molecule has 5 heteroatoms. The number of aliphatic hydroxyl groups is 1. The molecule has 110 valence electrons. The van der Waals surface area contributed by atoms with Gasteiger partial charge in [0.05, 0.1) is 13.2 Å². The van der Waals surface area contributed by atoms with E-state index in [2.05, 4.69) is 15.1 Å². The molecule has 0 bridgehead atoms. The third kappa shape index (κ3) is 9.39. The van der Waals surface area contributed by atoms with Gasteiger partial charge in [0, 0.05) is 39.8 Å². The Morgan fingerprint density at radius 1 is 1.06 bits per heavy atom. The van der Waals surface area contributed by atoms with Crippen molar-refractivity contribution in [3.63, 3.8) is 0 Å². The lowest BCUT2D eigenvalue weighted by Gasteiger charge is -2.33. The third-order valence-corrected chi connectivity index (χ3v) is 2.53. The number of β-amino-alcohol motifs (C(OH)–C–C–N with tert-alkyl or cyclic N) is 1. The molecule has 0 radical (unpaired) electrons. The van der Waals surface area contributed by atoms with E-state index in [0.717, 1.165) is 32.7 Å². The summed E-state index contributed by atoms with van der Waals surface area (Å²) in [5.41, 5.74) is 0. The fourth-order valence-corrected chi connectivity index (χ4v) is 1.59. The molecule has 1 fully saturated rings. The number of nitrogens with one attached hydrogen (secondary N) is 1. The van der Waals surface area contributed by atoms with Gasteiger partial charge < -0.3 is 10.4 Å². The summed E-state index contributed by atoms with van der Waals surface area (Å²) in [7, 11) is 1.66. The second kappa shape index (κ2) is 14.4. The molecular weight excluding hydrogens is 230 g/mol. The molecule has 0 atom stereocenters. The van der Waals surface area contributed by atoms with Crippen LogP contribution in [0.2, 0.25) is 0 Å². The normalized spacial score (nSPS) is 15.9. The van der Waals surface area contributed by atoms with Crippen LogP contribution in [0.5, 0.6) is 0 Å². The van der Waals surface area contributed by atoms with Gasteiger partial charge in [0.1, 0.15) is 0 Å². The lowest BCUT2D eigenvalue weighted by molar-refractivity contribution is -0.122. The number of carbonyl (C=O) groups is 1. The van der Waals surface area contributed by atoms with Gasteiger partial charge in [-0.25, -0.2) is 0 Å². The first-order chi connectivity index (χ1) is 8.76. The predicted octanol–water partition coefficient (Wildman–Crippen LogP) is 0.395. The average molecular weight is 261 g/mol. The quantitative estimate of drug-likeness (QED) is 0.769. The lowest BCUT2D eigenvalue weighted by Crippen LogP contribution is -2.49. The second-order valence-electron chi connectivity index (χ2n) is 3.51. The summed E-state index contributed by atoms with van der Waals surface area (Å²) in [5.74, 6) is 0.0700. The molecule has 1 aliphatic rings. The minimum Gasteiger partial charge on any atom is -0.395 e. The van der Waals surface area contributed by atoms with Crippen LogP contribution in [-0.2, 0) is 4.79 Å². The van der Waals surface area contributed by atoms with Crippen LogP contribution in [-0.4, -0.2) is 73.7 Å². The number of likely N-dealkylation sites (N-methyl/N-ethyl adjacent to an activating group) is 1. The Morgan fingerprint density at radius 3 is 1.89 bits per heavy atom. The first kappa shape index (κ1) is 19.7. The number of hydrogen-bond acceptors (Lipinski definition) is 4. The van der Waals surface area contributed by atoms with Gasteiger partial charge >= 0.3 is 0 Å². The molecule has 5 nitrogen and oxygen atoms in total. The summed E-state index contributed by atoms with van der Waals surface area (Å²) in [4.78, 5) is 15.4. The van der Waals surface area contributed by atoms with E-state index in [1.54, 1.807) is 7.05 Å². The molecule has 1 heterocycles. The van der Waals surface area contributed by atoms with Crippen molar-refractivity contribution < 1.29 is 9.90 Å². The highest BCUT2D eigenvalue weighted by Crippen LogP contribution is 2.00. The van der Waals surface area contributed by atoms with Crippen molar-refractivity contribution >= 4 is 5.91 Å². The van der Waals surface area contributed by atoms with Crippen LogP contribution in [0.3, 0.4) is 0 Å². The largest absolute Gasteiger partial charge is 0.395 e. The molecule has 0 unspecified atom stereocenters. The molecule has 0 aromatic rings. The number of nitrogens with zero attached hydrogens (tertiary/aromatic N) is 2. The third-order valence-electron chi connectivity index (χ3n) is 2.53. The van der Waals surface area contributed by atoms with Crippen LogP contribution in [0.4, 0.5) is 0 Å². The minimum absolute atomic E-state index is 0.0700. The van der Waals surface area contributed by atoms with Crippen molar-refractivity contribution in [1.29, 1.82) is 0 Å². The number of hydrogen-bond donors (Lipinski definition) is 2. The Labute approximate surface area is 112 Å². The standard InChI is InChI=1S/C9H19N3O2.2C2H6/c1-10-9(14)8-12-4-2-11(3-5-12)6-7-13;2*1-2/h13H,2-8H2,1H3,(H,10,14);2*1-2H3. The zero-order valence-corrected chi connectivity index (χ0v) is 12.7. The van der Waals surface area contributed by atoms with Gasteiger partial charge in [0.15, 0.2) is 0 Å². The lowest BCUT2D eigenvalue weighted by atomic mass is 10.3. The molecule has 0 aromatic heterocycles. The van der Waals surface area contributed by atoms with Crippen LogP contribution in [0.15, 0.2) is 0 Å². The van der Waals surface area contributed by atoms with E-state index in [0.29, 0.717) is 6.54 Å². The van der Waals surface area contributed by atoms with Crippen LogP contribution in [0.25, 0.3) is 0 Å². The maximum Gasteiger partial charge on any atom is 0.233 e. The minimum atomic E-state index is 0.0700. The molecule has 0 aromatic carbocycles. The Bertz CT molecular complexity index is 181. The van der Waals surface area contributed by atoms with Crippen LogP contribution < -0.4 is 5.32 Å². The first-order valence-corrected chi connectivity index (χ1v) is 7.02. The van der Waals surface area contributed by atoms with Gasteiger partial charge in [-0.1, -0.05) is 27.7 Å². The highest BCUT2D eigenvalue weighted by atomic mass is 16.3. The SMILES string of the molecule is CC.CC.CNC(=O)CN1CCN(CCO)CC1. The monoisotopic (exact) mass is 261 g/mol. The predicted molar refractivity (Wildman–Crippen MR) is 76.7 cm³/mol.